The number of likely N-dealkylation sites (N-methyl/N-ethyl adjacent to an activating group) is 1. The van der Waals surface area contributed by atoms with E-state index in [9.17, 15) is 4.79 Å². The highest BCUT2D eigenvalue weighted by Gasteiger charge is 2.36. The first-order chi connectivity index (χ1) is 10.1. The molecule has 21 heavy (non-hydrogen) atoms. The van der Waals surface area contributed by atoms with Gasteiger partial charge in [0.1, 0.15) is 5.54 Å². The van der Waals surface area contributed by atoms with Crippen LogP contribution in [0.2, 0.25) is 0 Å². The average molecular weight is 296 g/mol. The number of carbonyl (C=O) groups is 1. The van der Waals surface area contributed by atoms with Gasteiger partial charge in [0, 0.05) is 13.1 Å². The Hall–Kier alpha value is -0.610. The largest absolute Gasteiger partial charge is 0.468 e. The smallest absolute Gasteiger partial charge is 0.325 e. The predicted octanol–water partition coefficient (Wildman–Crippen LogP) is 2.43. The maximum atomic E-state index is 11.9. The van der Waals surface area contributed by atoms with Crippen molar-refractivity contribution in [1.29, 1.82) is 0 Å². The number of hydrogen-bond donors (Lipinski definition) is 1. The number of hydrogen-bond acceptors (Lipinski definition) is 4. The van der Waals surface area contributed by atoms with Crippen LogP contribution in [0, 0.1) is 11.8 Å². The van der Waals surface area contributed by atoms with E-state index in [2.05, 4.69) is 10.2 Å². The second kappa shape index (κ2) is 7.59. The molecule has 1 aliphatic heterocycles. The molecule has 2 aliphatic rings. The first kappa shape index (κ1) is 16.8. The van der Waals surface area contributed by atoms with Crippen LogP contribution < -0.4 is 5.32 Å². The Balaban J connectivity index is 1.67. The maximum Gasteiger partial charge on any atom is 0.325 e. The van der Waals surface area contributed by atoms with Gasteiger partial charge in [0.15, 0.2) is 0 Å². The lowest BCUT2D eigenvalue weighted by Crippen LogP contribution is -2.50. The SMILES string of the molecule is CCNC(C)(CCCCN1CC2CCCC2C1)C(=O)OC. The molecule has 3 atom stereocenters. The Morgan fingerprint density at radius 1 is 1.29 bits per heavy atom. The Morgan fingerprint density at radius 3 is 2.52 bits per heavy atom. The first-order valence-corrected chi connectivity index (χ1v) is 8.65. The van der Waals surface area contributed by atoms with Crippen LogP contribution in [0.1, 0.15) is 52.4 Å². The lowest BCUT2D eigenvalue weighted by molar-refractivity contribution is -0.148. The number of carbonyl (C=O) groups excluding carboxylic acids is 1. The third-order valence-corrected chi connectivity index (χ3v) is 5.41. The van der Waals surface area contributed by atoms with Crippen molar-refractivity contribution < 1.29 is 9.53 Å². The molecule has 1 N–H and O–H groups in total. The van der Waals surface area contributed by atoms with Gasteiger partial charge in [0.05, 0.1) is 7.11 Å². The molecular formula is C17H32N2O2. The number of nitrogens with one attached hydrogen (secondary N) is 1. The third kappa shape index (κ3) is 4.19. The molecule has 1 saturated heterocycles. The van der Waals surface area contributed by atoms with Gasteiger partial charge in [-0.25, -0.2) is 0 Å². The van der Waals surface area contributed by atoms with Crippen LogP contribution in [0.3, 0.4) is 0 Å². The standard InChI is InChI=1S/C17H32N2O2/c1-4-18-17(2,16(20)21-3)10-5-6-11-19-12-14-8-7-9-15(14)13-19/h14-15,18H,4-13H2,1-3H3. The highest BCUT2D eigenvalue weighted by atomic mass is 16.5. The summed E-state index contributed by atoms with van der Waals surface area (Å²) in [5.41, 5.74) is -0.523. The van der Waals surface area contributed by atoms with Gasteiger partial charge in [0.25, 0.3) is 0 Å². The number of fused-ring (bicyclic) bond motifs is 1. The minimum absolute atomic E-state index is 0.139. The van der Waals surface area contributed by atoms with Gasteiger partial charge in [-0.1, -0.05) is 13.3 Å². The second-order valence-corrected chi connectivity index (χ2v) is 7.02. The fraction of sp³-hybridized carbons (Fsp3) is 0.941. The number of rotatable bonds is 8. The molecule has 0 spiro atoms. The molecular weight excluding hydrogens is 264 g/mol. The molecule has 122 valence electrons. The maximum absolute atomic E-state index is 11.9. The van der Waals surface area contributed by atoms with E-state index in [0.717, 1.165) is 31.2 Å². The summed E-state index contributed by atoms with van der Waals surface area (Å²) in [7, 11) is 1.47. The van der Waals surface area contributed by atoms with Crippen molar-refractivity contribution in [3.63, 3.8) is 0 Å². The van der Waals surface area contributed by atoms with E-state index in [1.165, 1.54) is 52.4 Å². The molecule has 0 amide bonds. The van der Waals surface area contributed by atoms with Gasteiger partial charge in [-0.15, -0.1) is 0 Å². The average Bonchev–Trinajstić information content (AvgIpc) is 3.04. The van der Waals surface area contributed by atoms with Gasteiger partial charge in [-0.05, 0) is 64.0 Å². The molecule has 3 unspecified atom stereocenters. The number of unbranched alkanes of at least 4 members (excludes halogenated alkanes) is 1. The summed E-state index contributed by atoms with van der Waals surface area (Å²) in [4.78, 5) is 14.5. The molecule has 0 aromatic heterocycles. The normalized spacial score (nSPS) is 28.3. The Kier molecular flexibility index (Phi) is 6.06. The second-order valence-electron chi connectivity index (χ2n) is 7.02. The van der Waals surface area contributed by atoms with Crippen LogP contribution in [0.5, 0.6) is 0 Å². The van der Waals surface area contributed by atoms with Crippen LogP contribution >= 0.6 is 0 Å². The van der Waals surface area contributed by atoms with Crippen molar-refractivity contribution in [1.82, 2.24) is 10.2 Å². The predicted molar refractivity (Wildman–Crippen MR) is 85.2 cm³/mol. The number of ether oxygens (including phenoxy) is 1. The van der Waals surface area contributed by atoms with Gasteiger partial charge in [-0.3, -0.25) is 4.79 Å². The summed E-state index contributed by atoms with van der Waals surface area (Å²) in [5.74, 6) is 1.82. The number of methoxy groups -OCH3 is 1. The summed E-state index contributed by atoms with van der Waals surface area (Å²) < 4.78 is 4.94. The lowest BCUT2D eigenvalue weighted by atomic mass is 9.94. The number of nitrogens with zero attached hydrogens (tertiary/aromatic N) is 1. The van der Waals surface area contributed by atoms with Crippen LogP contribution in [0.4, 0.5) is 0 Å². The Bertz CT molecular complexity index is 336. The van der Waals surface area contributed by atoms with E-state index in [-0.39, 0.29) is 5.97 Å². The minimum atomic E-state index is -0.523. The fourth-order valence-electron chi connectivity index (χ4n) is 4.21. The van der Waals surface area contributed by atoms with Gasteiger partial charge in [-0.2, -0.15) is 0 Å². The van der Waals surface area contributed by atoms with E-state index < -0.39 is 5.54 Å². The van der Waals surface area contributed by atoms with Crippen LogP contribution in [0.15, 0.2) is 0 Å². The molecule has 0 radical (unpaired) electrons. The van der Waals surface area contributed by atoms with Crippen molar-refractivity contribution in [2.75, 3.05) is 33.3 Å². The highest BCUT2D eigenvalue weighted by molar-refractivity contribution is 5.80. The summed E-state index contributed by atoms with van der Waals surface area (Å²) in [6.45, 7) is 8.60. The third-order valence-electron chi connectivity index (χ3n) is 5.41. The first-order valence-electron chi connectivity index (χ1n) is 8.65. The summed E-state index contributed by atoms with van der Waals surface area (Å²) in [5, 5.41) is 3.28. The zero-order chi connectivity index (χ0) is 15.3. The molecule has 0 aromatic carbocycles. The van der Waals surface area contributed by atoms with E-state index in [0.29, 0.717) is 0 Å². The van der Waals surface area contributed by atoms with Crippen molar-refractivity contribution >= 4 is 5.97 Å². The van der Waals surface area contributed by atoms with Crippen LogP contribution in [-0.2, 0) is 9.53 Å². The summed E-state index contributed by atoms with van der Waals surface area (Å²) in [6, 6.07) is 0. The van der Waals surface area contributed by atoms with Crippen molar-refractivity contribution in [3.8, 4) is 0 Å². The van der Waals surface area contributed by atoms with Crippen LogP contribution in [0.25, 0.3) is 0 Å². The van der Waals surface area contributed by atoms with E-state index >= 15 is 0 Å². The van der Waals surface area contributed by atoms with Gasteiger partial charge in [0.2, 0.25) is 0 Å². The van der Waals surface area contributed by atoms with E-state index in [1.54, 1.807) is 0 Å². The molecule has 4 nitrogen and oxygen atoms in total. The molecule has 0 bridgehead atoms. The highest BCUT2D eigenvalue weighted by Crippen LogP contribution is 2.37. The van der Waals surface area contributed by atoms with Crippen molar-refractivity contribution in [2.45, 2.75) is 57.9 Å². The van der Waals surface area contributed by atoms with E-state index in [4.69, 9.17) is 4.74 Å². The van der Waals surface area contributed by atoms with Crippen LogP contribution in [-0.4, -0.2) is 49.7 Å². The summed E-state index contributed by atoms with van der Waals surface area (Å²) >= 11 is 0. The monoisotopic (exact) mass is 296 g/mol. The molecule has 1 saturated carbocycles. The van der Waals surface area contributed by atoms with Gasteiger partial charge < -0.3 is 15.0 Å². The molecule has 1 heterocycles. The molecule has 2 rings (SSSR count). The quantitative estimate of drug-likeness (QED) is 0.552. The Morgan fingerprint density at radius 2 is 1.95 bits per heavy atom. The fourth-order valence-corrected chi connectivity index (χ4v) is 4.21. The molecule has 1 aliphatic carbocycles. The minimum Gasteiger partial charge on any atom is -0.468 e. The van der Waals surface area contributed by atoms with Crippen molar-refractivity contribution in [3.05, 3.63) is 0 Å². The number of likely N-dealkylation sites (tertiary alicyclic amines) is 1. The molecule has 2 fully saturated rings. The number of esters is 1. The van der Waals surface area contributed by atoms with E-state index in [1.807, 2.05) is 13.8 Å². The van der Waals surface area contributed by atoms with Crippen molar-refractivity contribution in [2.24, 2.45) is 11.8 Å². The molecule has 0 aromatic rings. The zero-order valence-electron chi connectivity index (χ0n) is 14.0. The topological polar surface area (TPSA) is 41.6 Å². The van der Waals surface area contributed by atoms with Gasteiger partial charge >= 0.3 is 5.97 Å². The summed E-state index contributed by atoms with van der Waals surface area (Å²) in [6.07, 6.45) is 7.45. The lowest BCUT2D eigenvalue weighted by Gasteiger charge is -2.28. The Labute approximate surface area is 129 Å². The molecule has 4 heteroatoms. The zero-order valence-corrected chi connectivity index (χ0v) is 14.0.